The van der Waals surface area contributed by atoms with Gasteiger partial charge in [0.1, 0.15) is 12.4 Å². The molecule has 0 saturated carbocycles. The maximum Gasteiger partial charge on any atom is 0.260 e. The van der Waals surface area contributed by atoms with Gasteiger partial charge in [-0.25, -0.2) is 19.2 Å². The van der Waals surface area contributed by atoms with E-state index in [1.165, 1.54) is 12.3 Å². The summed E-state index contributed by atoms with van der Waals surface area (Å²) >= 11 is 0. The normalized spacial score (nSPS) is 11.3. The number of nitrogens with one attached hydrogen (secondary N) is 1. The number of halogens is 2. The molecule has 1 amide bonds. The van der Waals surface area contributed by atoms with E-state index in [2.05, 4.69) is 15.5 Å². The van der Waals surface area contributed by atoms with Crippen LogP contribution in [0.1, 0.15) is 11.4 Å². The molecule has 0 fully saturated rings. The van der Waals surface area contributed by atoms with Gasteiger partial charge in [-0.15, -0.1) is 0 Å². The molecule has 3 aromatic rings. The molecule has 122 valence electrons. The van der Waals surface area contributed by atoms with Crippen LogP contribution in [0.2, 0.25) is 0 Å². The number of hydrazone groups is 1. The number of aryl methyl sites for hydroxylation is 1. The lowest BCUT2D eigenvalue weighted by Crippen LogP contribution is -2.23. The van der Waals surface area contributed by atoms with Crippen molar-refractivity contribution in [1.29, 1.82) is 0 Å². The molecule has 1 heterocycles. The van der Waals surface area contributed by atoms with Crippen LogP contribution >= 0.6 is 0 Å². The van der Waals surface area contributed by atoms with Gasteiger partial charge >= 0.3 is 0 Å². The lowest BCUT2D eigenvalue weighted by molar-refractivity contribution is -0.121. The van der Waals surface area contributed by atoms with E-state index in [1.54, 1.807) is 4.57 Å². The van der Waals surface area contributed by atoms with E-state index in [-0.39, 0.29) is 12.5 Å². The highest BCUT2D eigenvalue weighted by Gasteiger charge is 2.10. The predicted octanol–water partition coefficient (Wildman–Crippen LogP) is 2.77. The number of hydrogen-bond acceptors (Lipinski definition) is 3. The molecule has 0 aliphatic rings. The first kappa shape index (κ1) is 15.8. The van der Waals surface area contributed by atoms with Gasteiger partial charge in [0.25, 0.3) is 5.91 Å². The Morgan fingerprint density at radius 1 is 1.25 bits per heavy atom. The van der Waals surface area contributed by atoms with Gasteiger partial charge in [-0.05, 0) is 36.8 Å². The van der Waals surface area contributed by atoms with Gasteiger partial charge < -0.3 is 4.57 Å². The van der Waals surface area contributed by atoms with Crippen LogP contribution in [-0.4, -0.2) is 21.7 Å². The molecule has 5 nitrogen and oxygen atoms in total. The summed E-state index contributed by atoms with van der Waals surface area (Å²) in [7, 11) is 0. The highest BCUT2D eigenvalue weighted by atomic mass is 19.2. The number of carbonyl (C=O) groups excluding carboxylic acids is 1. The molecule has 0 aliphatic heterocycles. The molecule has 0 radical (unpaired) electrons. The number of hydrogen-bond donors (Lipinski definition) is 1. The van der Waals surface area contributed by atoms with Crippen LogP contribution in [0.25, 0.3) is 11.0 Å². The topological polar surface area (TPSA) is 59.3 Å². The van der Waals surface area contributed by atoms with E-state index < -0.39 is 11.6 Å². The standard InChI is InChI=1S/C17H14F2N4O/c1-11-21-15-4-2-3-5-16(15)23(11)10-17(24)22-20-9-12-6-7-13(18)14(19)8-12/h2-9H,10H2,1H3,(H,22,24)/b20-9-. The number of para-hydroxylation sites is 2. The number of nitrogens with zero attached hydrogens (tertiary/aromatic N) is 3. The fourth-order valence-electron chi connectivity index (χ4n) is 2.35. The average Bonchev–Trinajstić information content (AvgIpc) is 2.87. The molecule has 0 spiro atoms. The number of rotatable bonds is 4. The molecule has 7 heteroatoms. The Morgan fingerprint density at radius 2 is 2.04 bits per heavy atom. The van der Waals surface area contributed by atoms with Crippen LogP contribution in [0, 0.1) is 18.6 Å². The summed E-state index contributed by atoms with van der Waals surface area (Å²) in [6, 6.07) is 10.9. The minimum atomic E-state index is -0.967. The summed E-state index contributed by atoms with van der Waals surface area (Å²) in [6.07, 6.45) is 1.25. The van der Waals surface area contributed by atoms with Crippen molar-refractivity contribution in [3.8, 4) is 0 Å². The fourth-order valence-corrected chi connectivity index (χ4v) is 2.35. The number of aromatic nitrogens is 2. The number of carbonyl (C=O) groups is 1. The molecule has 3 rings (SSSR count). The van der Waals surface area contributed by atoms with Crippen molar-refractivity contribution < 1.29 is 13.6 Å². The van der Waals surface area contributed by atoms with E-state index in [1.807, 2.05) is 31.2 Å². The highest BCUT2D eigenvalue weighted by molar-refractivity contribution is 5.83. The minimum Gasteiger partial charge on any atom is -0.319 e. The van der Waals surface area contributed by atoms with Crippen LogP contribution in [0.4, 0.5) is 8.78 Å². The third-order valence-electron chi connectivity index (χ3n) is 3.49. The zero-order chi connectivity index (χ0) is 17.1. The second-order valence-corrected chi connectivity index (χ2v) is 5.20. The molecule has 0 unspecified atom stereocenters. The summed E-state index contributed by atoms with van der Waals surface area (Å²) in [5.74, 6) is -1.53. The van der Waals surface area contributed by atoms with Gasteiger partial charge in [0.2, 0.25) is 0 Å². The zero-order valence-corrected chi connectivity index (χ0v) is 12.8. The summed E-state index contributed by atoms with van der Waals surface area (Å²) < 4.78 is 27.7. The first-order valence-electron chi connectivity index (χ1n) is 7.23. The van der Waals surface area contributed by atoms with Gasteiger partial charge in [0.15, 0.2) is 11.6 Å². The maximum atomic E-state index is 13.1. The number of amides is 1. The van der Waals surface area contributed by atoms with Crippen LogP contribution < -0.4 is 5.43 Å². The van der Waals surface area contributed by atoms with Gasteiger partial charge in [-0.2, -0.15) is 5.10 Å². The van der Waals surface area contributed by atoms with E-state index >= 15 is 0 Å². The first-order valence-corrected chi connectivity index (χ1v) is 7.23. The van der Waals surface area contributed by atoms with Gasteiger partial charge in [-0.3, -0.25) is 4.79 Å². The molecule has 1 N–H and O–H groups in total. The Kier molecular flexibility index (Phi) is 4.33. The maximum absolute atomic E-state index is 13.1. The smallest absolute Gasteiger partial charge is 0.260 e. The number of fused-ring (bicyclic) bond motifs is 1. The third-order valence-corrected chi connectivity index (χ3v) is 3.49. The largest absolute Gasteiger partial charge is 0.319 e. The van der Waals surface area contributed by atoms with Gasteiger partial charge in [0.05, 0.1) is 17.2 Å². The van der Waals surface area contributed by atoms with E-state index in [0.29, 0.717) is 5.56 Å². The summed E-state index contributed by atoms with van der Waals surface area (Å²) in [4.78, 5) is 16.4. The molecule has 0 saturated heterocycles. The Bertz CT molecular complexity index is 933. The summed E-state index contributed by atoms with van der Waals surface area (Å²) in [5.41, 5.74) is 4.38. The van der Waals surface area contributed by atoms with Crippen molar-refractivity contribution >= 4 is 23.2 Å². The SMILES string of the molecule is Cc1nc2ccccc2n1CC(=O)N/N=C\c1ccc(F)c(F)c1. The Morgan fingerprint density at radius 3 is 2.83 bits per heavy atom. The van der Waals surface area contributed by atoms with Crippen LogP contribution in [-0.2, 0) is 11.3 Å². The van der Waals surface area contributed by atoms with Crippen molar-refractivity contribution in [2.45, 2.75) is 13.5 Å². The molecule has 1 aromatic heterocycles. The molecular weight excluding hydrogens is 314 g/mol. The Balaban J connectivity index is 1.68. The fraction of sp³-hybridized carbons (Fsp3) is 0.118. The molecule has 0 bridgehead atoms. The summed E-state index contributed by atoms with van der Waals surface area (Å²) in [5, 5.41) is 3.76. The van der Waals surface area contributed by atoms with Crippen molar-refractivity contribution in [2.24, 2.45) is 5.10 Å². The second-order valence-electron chi connectivity index (χ2n) is 5.20. The van der Waals surface area contributed by atoms with Crippen LogP contribution in [0.15, 0.2) is 47.6 Å². The monoisotopic (exact) mass is 328 g/mol. The molecular formula is C17H14F2N4O. The molecule has 24 heavy (non-hydrogen) atoms. The van der Waals surface area contributed by atoms with E-state index in [0.717, 1.165) is 29.0 Å². The highest BCUT2D eigenvalue weighted by Crippen LogP contribution is 2.15. The lowest BCUT2D eigenvalue weighted by atomic mass is 10.2. The Labute approximate surface area is 136 Å². The molecule has 2 aromatic carbocycles. The number of imidazole rings is 1. The third kappa shape index (κ3) is 3.29. The molecule has 0 atom stereocenters. The van der Waals surface area contributed by atoms with E-state index in [4.69, 9.17) is 0 Å². The van der Waals surface area contributed by atoms with Crippen molar-refractivity contribution in [2.75, 3.05) is 0 Å². The Hall–Kier alpha value is -3.09. The first-order chi connectivity index (χ1) is 11.5. The minimum absolute atomic E-state index is 0.0570. The van der Waals surface area contributed by atoms with Gasteiger partial charge in [-0.1, -0.05) is 18.2 Å². The number of benzene rings is 2. The predicted molar refractivity (Wildman–Crippen MR) is 86.6 cm³/mol. The lowest BCUT2D eigenvalue weighted by Gasteiger charge is -2.05. The van der Waals surface area contributed by atoms with Gasteiger partial charge in [0, 0.05) is 0 Å². The van der Waals surface area contributed by atoms with Crippen LogP contribution in [0.5, 0.6) is 0 Å². The zero-order valence-electron chi connectivity index (χ0n) is 12.8. The quantitative estimate of drug-likeness (QED) is 0.591. The van der Waals surface area contributed by atoms with Crippen LogP contribution in [0.3, 0.4) is 0 Å². The summed E-state index contributed by atoms with van der Waals surface area (Å²) in [6.45, 7) is 1.87. The average molecular weight is 328 g/mol. The molecule has 0 aliphatic carbocycles. The second kappa shape index (κ2) is 6.57. The van der Waals surface area contributed by atoms with Crippen molar-refractivity contribution in [1.82, 2.24) is 15.0 Å². The van der Waals surface area contributed by atoms with Crippen molar-refractivity contribution in [3.05, 3.63) is 65.5 Å². The van der Waals surface area contributed by atoms with E-state index in [9.17, 15) is 13.6 Å². The van der Waals surface area contributed by atoms with Crippen molar-refractivity contribution in [3.63, 3.8) is 0 Å².